The van der Waals surface area contributed by atoms with Gasteiger partial charge in [0, 0.05) is 43.7 Å². The third-order valence-electron chi connectivity index (χ3n) is 3.88. The number of nitrogens with zero attached hydrogens (tertiary/aromatic N) is 2. The lowest BCUT2D eigenvalue weighted by molar-refractivity contribution is 0.0660. The fourth-order valence-corrected chi connectivity index (χ4v) is 2.60. The second-order valence-corrected chi connectivity index (χ2v) is 5.34. The van der Waals surface area contributed by atoms with Gasteiger partial charge in [-0.05, 0) is 13.1 Å². The van der Waals surface area contributed by atoms with Gasteiger partial charge in [-0.2, -0.15) is 0 Å². The minimum atomic E-state index is -1.03. The maximum atomic E-state index is 11.3. The molecule has 0 bridgehead atoms. The van der Waals surface area contributed by atoms with E-state index in [4.69, 9.17) is 4.42 Å². The van der Waals surface area contributed by atoms with Gasteiger partial charge in [0.25, 0.3) is 0 Å². The second-order valence-electron chi connectivity index (χ2n) is 5.34. The molecule has 6 nitrogen and oxygen atoms in total. The molecular weight excluding hydrogens is 270 g/mol. The summed E-state index contributed by atoms with van der Waals surface area (Å²) < 4.78 is 5.45. The van der Waals surface area contributed by atoms with Gasteiger partial charge in [-0.1, -0.05) is 18.2 Å². The average Bonchev–Trinajstić information content (AvgIpc) is 2.86. The van der Waals surface area contributed by atoms with Crippen molar-refractivity contribution in [3.05, 3.63) is 35.6 Å². The number of para-hydroxylation sites is 1. The Morgan fingerprint density at radius 3 is 2.71 bits per heavy atom. The van der Waals surface area contributed by atoms with Crippen LogP contribution >= 0.6 is 0 Å². The number of fused-ring (bicyclic) bond motifs is 1. The molecule has 1 aliphatic rings. The number of furan rings is 1. The first kappa shape index (κ1) is 14.1. The minimum Gasteiger partial charge on any atom is -0.475 e. The number of rotatable bonds is 4. The van der Waals surface area contributed by atoms with Crippen LogP contribution in [-0.2, 0) is 6.54 Å². The molecule has 0 unspecified atom stereocenters. The second kappa shape index (κ2) is 5.85. The SMILES string of the molecule is CN1CCN(NCc2c(C(=O)O)oc3ccccc23)CC1. The van der Waals surface area contributed by atoms with Crippen molar-refractivity contribution in [3.63, 3.8) is 0 Å². The van der Waals surface area contributed by atoms with Gasteiger partial charge in [-0.25, -0.2) is 9.80 Å². The first-order valence-corrected chi connectivity index (χ1v) is 7.06. The van der Waals surface area contributed by atoms with Crippen LogP contribution in [0.5, 0.6) is 0 Å². The molecule has 0 amide bonds. The Bertz CT molecular complexity index is 645. The summed E-state index contributed by atoms with van der Waals surface area (Å²) in [7, 11) is 2.10. The molecule has 0 aliphatic carbocycles. The van der Waals surface area contributed by atoms with Gasteiger partial charge in [0.15, 0.2) is 0 Å². The third-order valence-corrected chi connectivity index (χ3v) is 3.88. The third kappa shape index (κ3) is 2.92. The molecule has 0 radical (unpaired) electrons. The molecule has 21 heavy (non-hydrogen) atoms. The highest BCUT2D eigenvalue weighted by Crippen LogP contribution is 2.25. The lowest BCUT2D eigenvalue weighted by Gasteiger charge is -2.32. The number of hydrogen-bond acceptors (Lipinski definition) is 5. The number of benzene rings is 1. The van der Waals surface area contributed by atoms with E-state index >= 15 is 0 Å². The molecular formula is C15H19N3O3. The average molecular weight is 289 g/mol. The van der Waals surface area contributed by atoms with Gasteiger partial charge in [-0.15, -0.1) is 0 Å². The van der Waals surface area contributed by atoms with Crippen molar-refractivity contribution in [2.45, 2.75) is 6.54 Å². The van der Waals surface area contributed by atoms with Crippen molar-refractivity contribution in [1.82, 2.24) is 15.3 Å². The summed E-state index contributed by atoms with van der Waals surface area (Å²) >= 11 is 0. The highest BCUT2D eigenvalue weighted by atomic mass is 16.4. The van der Waals surface area contributed by atoms with E-state index in [1.165, 1.54) is 0 Å². The minimum absolute atomic E-state index is 0.0258. The maximum absolute atomic E-state index is 11.3. The van der Waals surface area contributed by atoms with E-state index in [1.54, 1.807) is 6.07 Å². The molecule has 1 aliphatic heterocycles. The van der Waals surface area contributed by atoms with E-state index in [1.807, 2.05) is 18.2 Å². The van der Waals surface area contributed by atoms with E-state index in [9.17, 15) is 9.90 Å². The van der Waals surface area contributed by atoms with Crippen LogP contribution in [0.4, 0.5) is 0 Å². The van der Waals surface area contributed by atoms with Crippen LogP contribution in [0.25, 0.3) is 11.0 Å². The van der Waals surface area contributed by atoms with E-state index < -0.39 is 5.97 Å². The fourth-order valence-electron chi connectivity index (χ4n) is 2.60. The highest BCUT2D eigenvalue weighted by Gasteiger charge is 2.21. The molecule has 3 rings (SSSR count). The number of carboxylic acid groups (broad SMARTS) is 1. The number of carboxylic acids is 1. The summed E-state index contributed by atoms with van der Waals surface area (Å²) in [5.41, 5.74) is 4.64. The van der Waals surface area contributed by atoms with Crippen molar-refractivity contribution >= 4 is 16.9 Å². The van der Waals surface area contributed by atoms with Crippen molar-refractivity contribution in [2.24, 2.45) is 0 Å². The number of piperazine rings is 1. The van der Waals surface area contributed by atoms with E-state index in [0.717, 1.165) is 31.6 Å². The predicted octanol–water partition coefficient (Wildman–Crippen LogP) is 1.38. The zero-order chi connectivity index (χ0) is 14.8. The maximum Gasteiger partial charge on any atom is 0.372 e. The molecule has 2 N–H and O–H groups in total. The highest BCUT2D eigenvalue weighted by molar-refractivity contribution is 5.95. The monoisotopic (exact) mass is 289 g/mol. The van der Waals surface area contributed by atoms with Crippen molar-refractivity contribution in [1.29, 1.82) is 0 Å². The molecule has 2 heterocycles. The normalized spacial score (nSPS) is 17.4. The van der Waals surface area contributed by atoms with Crippen LogP contribution in [0.3, 0.4) is 0 Å². The topological polar surface area (TPSA) is 69.0 Å². The summed E-state index contributed by atoms with van der Waals surface area (Å²) in [5, 5.41) is 12.3. The van der Waals surface area contributed by atoms with Crippen LogP contribution in [0, 0.1) is 0 Å². The van der Waals surface area contributed by atoms with Crippen LogP contribution in [0.1, 0.15) is 16.1 Å². The van der Waals surface area contributed by atoms with Crippen molar-refractivity contribution in [2.75, 3.05) is 33.2 Å². The summed E-state index contributed by atoms with van der Waals surface area (Å²) in [5.74, 6) is -1.00. The van der Waals surface area contributed by atoms with Crippen LogP contribution in [0.2, 0.25) is 0 Å². The molecule has 1 fully saturated rings. The quantitative estimate of drug-likeness (QED) is 0.886. The Morgan fingerprint density at radius 2 is 2.00 bits per heavy atom. The fraction of sp³-hybridized carbons (Fsp3) is 0.400. The number of aromatic carboxylic acids is 1. The van der Waals surface area contributed by atoms with Crippen LogP contribution < -0.4 is 5.43 Å². The number of carbonyl (C=O) groups is 1. The Morgan fingerprint density at radius 1 is 1.29 bits per heavy atom. The molecule has 0 saturated carbocycles. The van der Waals surface area contributed by atoms with Gasteiger partial charge in [0.1, 0.15) is 5.58 Å². The lowest BCUT2D eigenvalue weighted by atomic mass is 10.1. The number of nitrogens with one attached hydrogen (secondary N) is 1. The first-order valence-electron chi connectivity index (χ1n) is 7.06. The summed E-state index contributed by atoms with van der Waals surface area (Å²) in [6.07, 6.45) is 0. The van der Waals surface area contributed by atoms with Gasteiger partial charge in [-0.3, -0.25) is 5.43 Å². The first-order chi connectivity index (χ1) is 10.1. The van der Waals surface area contributed by atoms with Crippen molar-refractivity contribution in [3.8, 4) is 0 Å². The van der Waals surface area contributed by atoms with E-state index in [0.29, 0.717) is 17.7 Å². The van der Waals surface area contributed by atoms with Crippen LogP contribution in [0.15, 0.2) is 28.7 Å². The molecule has 6 heteroatoms. The Labute approximate surface area is 122 Å². The zero-order valence-corrected chi connectivity index (χ0v) is 12.0. The largest absolute Gasteiger partial charge is 0.475 e. The Balaban J connectivity index is 1.79. The zero-order valence-electron chi connectivity index (χ0n) is 12.0. The molecule has 112 valence electrons. The van der Waals surface area contributed by atoms with E-state index in [2.05, 4.69) is 22.4 Å². The molecule has 0 spiro atoms. The van der Waals surface area contributed by atoms with Crippen LogP contribution in [-0.4, -0.2) is 54.2 Å². The number of hydrogen-bond donors (Lipinski definition) is 2. The Kier molecular flexibility index (Phi) is 3.92. The Hall–Kier alpha value is -1.89. The molecule has 0 atom stereocenters. The predicted molar refractivity (Wildman–Crippen MR) is 79.1 cm³/mol. The van der Waals surface area contributed by atoms with Gasteiger partial charge < -0.3 is 14.4 Å². The van der Waals surface area contributed by atoms with Gasteiger partial charge >= 0.3 is 5.97 Å². The van der Waals surface area contributed by atoms with Gasteiger partial charge in [0.2, 0.25) is 5.76 Å². The van der Waals surface area contributed by atoms with Gasteiger partial charge in [0.05, 0.1) is 0 Å². The van der Waals surface area contributed by atoms with E-state index in [-0.39, 0.29) is 5.76 Å². The molecule has 2 aromatic rings. The molecule has 1 aromatic heterocycles. The summed E-state index contributed by atoms with van der Waals surface area (Å²) in [4.78, 5) is 13.6. The standard InChI is InChI=1S/C15H19N3O3/c1-17-6-8-18(9-7-17)16-10-12-11-4-2-3-5-13(11)21-14(12)15(19)20/h2-5,16H,6-10H2,1H3,(H,19,20). The summed E-state index contributed by atoms with van der Waals surface area (Å²) in [6.45, 7) is 4.32. The smallest absolute Gasteiger partial charge is 0.372 e. The summed E-state index contributed by atoms with van der Waals surface area (Å²) in [6, 6.07) is 7.42. The molecule has 1 saturated heterocycles. The van der Waals surface area contributed by atoms with Crippen molar-refractivity contribution < 1.29 is 14.3 Å². The lowest BCUT2D eigenvalue weighted by Crippen LogP contribution is -2.50. The number of likely N-dealkylation sites (N-methyl/N-ethyl adjacent to an activating group) is 1. The number of hydrazine groups is 1. The molecule has 1 aromatic carbocycles.